The van der Waals surface area contributed by atoms with Gasteiger partial charge >= 0.3 is 5.97 Å². The Morgan fingerprint density at radius 3 is 1.00 bits per heavy atom. The maximum atomic E-state index is 9.70. The van der Waals surface area contributed by atoms with Gasteiger partial charge in [0.05, 0.1) is 6.54 Å². The Bertz CT molecular complexity index is 286. The van der Waals surface area contributed by atoms with Crippen LogP contribution in [0.1, 0.15) is 149 Å². The first kappa shape index (κ1) is 36.9. The van der Waals surface area contributed by atoms with E-state index in [0.717, 1.165) is 13.1 Å². The maximum absolute atomic E-state index is 9.70. The molecule has 0 aromatic rings. The van der Waals surface area contributed by atoms with Crippen molar-refractivity contribution in [3.05, 3.63) is 0 Å². The van der Waals surface area contributed by atoms with Crippen molar-refractivity contribution in [3.8, 4) is 0 Å². The molecule has 6 N–H and O–H groups in total. The molecule has 0 unspecified atom stereocenters. The summed E-state index contributed by atoms with van der Waals surface area (Å²) in [6.45, 7) is 8.93. The fourth-order valence-electron chi connectivity index (χ4n) is 3.50. The molecule has 0 saturated carbocycles. The molecule has 0 fully saturated rings. The van der Waals surface area contributed by atoms with E-state index in [0.29, 0.717) is 6.54 Å². The molecule has 0 aliphatic heterocycles. The third kappa shape index (κ3) is 49.5. The van der Waals surface area contributed by atoms with Gasteiger partial charge in [0.2, 0.25) is 0 Å². The second-order valence-electron chi connectivity index (χ2n) is 9.12. The molecule has 202 valence electrons. The maximum Gasteiger partial charge on any atom is 0.317 e. The van der Waals surface area contributed by atoms with E-state index >= 15 is 0 Å². The molecule has 0 aliphatic carbocycles. The van der Waals surface area contributed by atoms with E-state index in [1.807, 2.05) is 6.92 Å². The largest absolute Gasteiger partial charge is 0.480 e. The van der Waals surface area contributed by atoms with Gasteiger partial charge in [-0.05, 0) is 32.5 Å². The number of carboxylic acids is 1. The number of rotatable bonds is 23. The van der Waals surface area contributed by atoms with Gasteiger partial charge in [0.1, 0.15) is 0 Å². The zero-order chi connectivity index (χ0) is 25.3. The van der Waals surface area contributed by atoms with Gasteiger partial charge in [-0.1, -0.05) is 136 Å². The molecule has 0 aliphatic rings. The molecular weight excluding hydrogens is 410 g/mol. The highest BCUT2D eigenvalue weighted by atomic mass is 16.4. The number of carboxylic acid groups (broad SMARTS) is 1. The van der Waals surface area contributed by atoms with Crippen molar-refractivity contribution in [2.45, 2.75) is 149 Å². The van der Waals surface area contributed by atoms with Crippen LogP contribution in [0.15, 0.2) is 0 Å². The summed E-state index contributed by atoms with van der Waals surface area (Å²) in [5, 5.41) is 10.6. The van der Waals surface area contributed by atoms with Crippen LogP contribution in [0.3, 0.4) is 0 Å². The molecule has 0 aromatic carbocycles. The summed E-state index contributed by atoms with van der Waals surface area (Å²) in [6.07, 6.45) is 27.9. The van der Waals surface area contributed by atoms with Gasteiger partial charge in [-0.15, -0.1) is 0 Å². The van der Waals surface area contributed by atoms with E-state index in [1.165, 1.54) is 128 Å². The Morgan fingerprint density at radius 1 is 0.545 bits per heavy atom. The standard InChI is InChI=1S/2C12H27N.C4H9NO2/c2*1-2-3-4-5-6-7-8-9-10-11-12-13;1-2-5-3-4(6)7/h2*2-13H2,1H3;5H,2-3H2,1H3,(H,6,7). The monoisotopic (exact) mass is 473 g/mol. The summed E-state index contributed by atoms with van der Waals surface area (Å²) in [5.74, 6) is -0.804. The SMILES string of the molecule is CCCCCCCCCCCCN.CCCCCCCCCCCCN.CCNCC(=O)O. The predicted molar refractivity (Wildman–Crippen MR) is 148 cm³/mol. The highest BCUT2D eigenvalue weighted by Crippen LogP contribution is 2.10. The van der Waals surface area contributed by atoms with Gasteiger partial charge in [-0.3, -0.25) is 4.79 Å². The number of carbonyl (C=O) groups is 1. The second-order valence-corrected chi connectivity index (χ2v) is 9.12. The summed E-state index contributed by atoms with van der Waals surface area (Å²) in [6, 6.07) is 0. The number of hydrogen-bond donors (Lipinski definition) is 4. The third-order valence-electron chi connectivity index (χ3n) is 5.64. The number of unbranched alkanes of at least 4 members (excludes halogenated alkanes) is 18. The summed E-state index contributed by atoms with van der Waals surface area (Å²) in [7, 11) is 0. The zero-order valence-corrected chi connectivity index (χ0v) is 23.0. The molecule has 0 atom stereocenters. The first-order chi connectivity index (χ1) is 16.1. The van der Waals surface area contributed by atoms with Crippen LogP contribution in [0.4, 0.5) is 0 Å². The Kier molecular flexibility index (Phi) is 43.2. The number of aliphatic carboxylic acids is 1. The zero-order valence-electron chi connectivity index (χ0n) is 23.0. The van der Waals surface area contributed by atoms with Gasteiger partial charge in [-0.25, -0.2) is 0 Å². The van der Waals surface area contributed by atoms with Crippen LogP contribution in [0.2, 0.25) is 0 Å². The lowest BCUT2D eigenvalue weighted by Gasteiger charge is -2.00. The van der Waals surface area contributed by atoms with Crippen LogP contribution in [0, 0.1) is 0 Å². The number of hydrogen-bond acceptors (Lipinski definition) is 4. The van der Waals surface area contributed by atoms with Crippen molar-refractivity contribution in [1.29, 1.82) is 0 Å². The van der Waals surface area contributed by atoms with Crippen molar-refractivity contribution in [2.75, 3.05) is 26.2 Å². The topological polar surface area (TPSA) is 101 Å². The Labute approximate surface area is 208 Å². The normalized spacial score (nSPS) is 10.2. The van der Waals surface area contributed by atoms with Crippen LogP contribution >= 0.6 is 0 Å². The van der Waals surface area contributed by atoms with Gasteiger partial charge in [0.15, 0.2) is 0 Å². The van der Waals surface area contributed by atoms with Crippen LogP contribution in [-0.2, 0) is 4.79 Å². The first-order valence-corrected chi connectivity index (χ1v) is 14.4. The van der Waals surface area contributed by atoms with Crippen LogP contribution in [0.25, 0.3) is 0 Å². The van der Waals surface area contributed by atoms with E-state index < -0.39 is 5.97 Å². The highest BCUT2D eigenvalue weighted by Gasteiger charge is 1.92. The molecule has 0 heterocycles. The summed E-state index contributed by atoms with van der Waals surface area (Å²) in [5.41, 5.74) is 10.8. The van der Waals surface area contributed by atoms with E-state index in [2.05, 4.69) is 19.2 Å². The number of likely N-dealkylation sites (N-methyl/N-ethyl adjacent to an activating group) is 1. The van der Waals surface area contributed by atoms with Gasteiger partial charge < -0.3 is 21.9 Å². The fraction of sp³-hybridized carbons (Fsp3) is 0.964. The van der Waals surface area contributed by atoms with Crippen molar-refractivity contribution in [1.82, 2.24) is 5.32 Å². The minimum Gasteiger partial charge on any atom is -0.480 e. The van der Waals surface area contributed by atoms with E-state index in [1.54, 1.807) is 0 Å². The van der Waals surface area contributed by atoms with E-state index in [9.17, 15) is 4.79 Å². The molecule has 0 spiro atoms. The van der Waals surface area contributed by atoms with Crippen LogP contribution in [0.5, 0.6) is 0 Å². The summed E-state index contributed by atoms with van der Waals surface area (Å²) in [4.78, 5) is 9.70. The van der Waals surface area contributed by atoms with E-state index in [4.69, 9.17) is 16.6 Å². The lowest BCUT2D eigenvalue weighted by molar-refractivity contribution is -0.135. The summed E-state index contributed by atoms with van der Waals surface area (Å²) >= 11 is 0. The van der Waals surface area contributed by atoms with Crippen molar-refractivity contribution < 1.29 is 9.90 Å². The Balaban J connectivity index is -0.000000429. The smallest absolute Gasteiger partial charge is 0.317 e. The molecule has 5 heteroatoms. The molecule has 0 rings (SSSR count). The number of nitrogens with one attached hydrogen (secondary N) is 1. The van der Waals surface area contributed by atoms with Crippen molar-refractivity contribution in [2.24, 2.45) is 11.5 Å². The van der Waals surface area contributed by atoms with Crippen LogP contribution < -0.4 is 16.8 Å². The summed E-state index contributed by atoms with van der Waals surface area (Å²) < 4.78 is 0. The molecular formula is C28H63N3O2. The van der Waals surface area contributed by atoms with E-state index in [-0.39, 0.29) is 6.54 Å². The van der Waals surface area contributed by atoms with Crippen molar-refractivity contribution >= 4 is 5.97 Å². The average molecular weight is 474 g/mol. The molecule has 0 bridgehead atoms. The number of nitrogens with two attached hydrogens (primary N) is 2. The predicted octanol–water partition coefficient (Wildman–Crippen LogP) is 7.41. The molecule has 0 radical (unpaired) electrons. The first-order valence-electron chi connectivity index (χ1n) is 14.4. The lowest BCUT2D eigenvalue weighted by Crippen LogP contribution is -2.21. The molecule has 0 aromatic heterocycles. The minimum atomic E-state index is -0.804. The van der Waals surface area contributed by atoms with Crippen LogP contribution in [-0.4, -0.2) is 37.3 Å². The lowest BCUT2D eigenvalue weighted by atomic mass is 10.1. The molecule has 33 heavy (non-hydrogen) atoms. The Morgan fingerprint density at radius 2 is 0.818 bits per heavy atom. The third-order valence-corrected chi connectivity index (χ3v) is 5.64. The van der Waals surface area contributed by atoms with Gasteiger partial charge in [0.25, 0.3) is 0 Å². The van der Waals surface area contributed by atoms with Gasteiger partial charge in [0, 0.05) is 0 Å². The molecule has 0 amide bonds. The second kappa shape index (κ2) is 38.6. The average Bonchev–Trinajstić information content (AvgIpc) is 2.81. The van der Waals surface area contributed by atoms with Gasteiger partial charge in [-0.2, -0.15) is 0 Å². The fourth-order valence-corrected chi connectivity index (χ4v) is 3.50. The molecule has 5 nitrogen and oxygen atoms in total. The molecule has 0 saturated heterocycles. The Hall–Kier alpha value is -0.650. The quantitative estimate of drug-likeness (QED) is 0.116. The minimum absolute atomic E-state index is 0.0660. The highest BCUT2D eigenvalue weighted by molar-refractivity contribution is 5.68. The van der Waals surface area contributed by atoms with Crippen molar-refractivity contribution in [3.63, 3.8) is 0 Å².